The third kappa shape index (κ3) is 2.55. The fourth-order valence-corrected chi connectivity index (χ4v) is 5.12. The van der Waals surface area contributed by atoms with Crippen LogP contribution in [0.5, 0.6) is 0 Å². The van der Waals surface area contributed by atoms with E-state index in [0.29, 0.717) is 0 Å². The number of rotatable bonds is 4. The average Bonchev–Trinajstić information content (AvgIpc) is 2.01. The summed E-state index contributed by atoms with van der Waals surface area (Å²) in [6.07, 6.45) is 0. The second-order valence-electron chi connectivity index (χ2n) is 2.69. The van der Waals surface area contributed by atoms with Crippen LogP contribution in [0.2, 0.25) is 18.1 Å². The van der Waals surface area contributed by atoms with Crippen LogP contribution in [0.25, 0.3) is 0 Å². The molecule has 0 aliphatic heterocycles. The minimum absolute atomic E-state index is 0.985. The predicted molar refractivity (Wildman–Crippen MR) is 52.5 cm³/mol. The zero-order valence-electron chi connectivity index (χ0n) is 7.11. The summed E-state index contributed by atoms with van der Waals surface area (Å²) in [6, 6.07) is 4.07. The molecule has 0 spiro atoms. The van der Waals surface area contributed by atoms with Gasteiger partial charge in [-0.3, -0.25) is 0 Å². The van der Waals surface area contributed by atoms with Crippen molar-refractivity contribution in [3.8, 4) is 0 Å². The molecule has 0 heterocycles. The Kier molecular flexibility index (Phi) is 5.29. The summed E-state index contributed by atoms with van der Waals surface area (Å²) < 4.78 is 3.07. The summed E-state index contributed by atoms with van der Waals surface area (Å²) in [4.78, 5) is 0. The van der Waals surface area contributed by atoms with Crippen molar-refractivity contribution < 1.29 is 0 Å². The van der Waals surface area contributed by atoms with E-state index in [4.69, 9.17) is 0 Å². The quantitative estimate of drug-likeness (QED) is 0.636. The molecule has 0 bridgehead atoms. The maximum atomic E-state index is 3.07. The Morgan fingerprint density at radius 1 is 1.20 bits per heavy atom. The molecule has 0 aromatic rings. The summed E-state index contributed by atoms with van der Waals surface area (Å²) in [7, 11) is -0.985. The molecule has 0 aromatic carbocycles. The van der Waals surface area contributed by atoms with Crippen LogP contribution in [-0.4, -0.2) is 28.2 Å². The van der Waals surface area contributed by atoms with Crippen LogP contribution in [0.15, 0.2) is 5.70 Å². The second kappa shape index (κ2) is 5.09. The van der Waals surface area contributed by atoms with Gasteiger partial charge < -0.3 is 0 Å². The number of hydrogen-bond acceptors (Lipinski definition) is 0. The minimum atomic E-state index is -0.985. The Hall–Kier alpha value is 0.386. The van der Waals surface area contributed by atoms with E-state index in [9.17, 15) is 0 Å². The third-order valence-corrected chi connectivity index (χ3v) is 8.17. The van der Waals surface area contributed by atoms with Gasteiger partial charge in [-0.25, -0.2) is 0 Å². The van der Waals surface area contributed by atoms with Crippen LogP contribution in [0.4, 0.5) is 0 Å². The SMILES string of the molecule is CC[Si](C=C=[Se])(CC)CC. The second-order valence-corrected chi connectivity index (χ2v) is 8.31. The normalized spacial score (nSPS) is 10.7. The molecule has 10 heavy (non-hydrogen) atoms. The van der Waals surface area contributed by atoms with E-state index < -0.39 is 8.07 Å². The maximum absolute atomic E-state index is 3.07. The molecule has 58 valence electrons. The Bertz CT molecular complexity index is 124. The Labute approximate surface area is 73.1 Å². The van der Waals surface area contributed by atoms with Gasteiger partial charge in [0.25, 0.3) is 0 Å². The van der Waals surface area contributed by atoms with Crippen molar-refractivity contribution in [3.63, 3.8) is 0 Å². The molecule has 0 radical (unpaired) electrons. The van der Waals surface area contributed by atoms with E-state index in [1.54, 1.807) is 0 Å². The van der Waals surface area contributed by atoms with E-state index in [1.807, 2.05) is 0 Å². The van der Waals surface area contributed by atoms with Gasteiger partial charge in [-0.1, -0.05) is 0 Å². The van der Waals surface area contributed by atoms with Crippen LogP contribution in [-0.2, 0) is 0 Å². The fraction of sp³-hybridized carbons (Fsp3) is 0.750. The fourth-order valence-electron chi connectivity index (χ4n) is 1.18. The first-order valence-electron chi connectivity index (χ1n) is 3.96. The predicted octanol–water partition coefficient (Wildman–Crippen LogP) is 2.16. The van der Waals surface area contributed by atoms with Crippen molar-refractivity contribution in [3.05, 3.63) is 5.70 Å². The van der Waals surface area contributed by atoms with Crippen molar-refractivity contribution in [2.75, 3.05) is 0 Å². The van der Waals surface area contributed by atoms with Crippen molar-refractivity contribution in [1.82, 2.24) is 0 Å². The van der Waals surface area contributed by atoms with Crippen LogP contribution in [0, 0.1) is 0 Å². The number of hydrogen-bond donors (Lipinski definition) is 0. The summed E-state index contributed by atoms with van der Waals surface area (Å²) in [5, 5.41) is 0. The molecule has 0 fully saturated rings. The van der Waals surface area contributed by atoms with Gasteiger partial charge in [0.2, 0.25) is 0 Å². The van der Waals surface area contributed by atoms with Gasteiger partial charge in [-0.05, 0) is 0 Å². The van der Waals surface area contributed by atoms with E-state index in [1.165, 1.54) is 18.1 Å². The van der Waals surface area contributed by atoms with E-state index in [2.05, 4.69) is 46.6 Å². The van der Waals surface area contributed by atoms with Crippen LogP contribution < -0.4 is 0 Å². The standard InChI is InChI=1S/C8H16SeSi/c1-4-10(5-2,6-3)8-7-9/h8H,4-6H2,1-3H3. The molecule has 2 heteroatoms. The molecular weight excluding hydrogens is 203 g/mol. The van der Waals surface area contributed by atoms with Crippen molar-refractivity contribution in [2.45, 2.75) is 38.9 Å². The molecule has 0 saturated carbocycles. The molecule has 0 saturated heterocycles. The van der Waals surface area contributed by atoms with Gasteiger partial charge >= 0.3 is 72.8 Å². The molecule has 0 aliphatic rings. The average molecular weight is 219 g/mol. The summed E-state index contributed by atoms with van der Waals surface area (Å²) in [5.41, 5.74) is 2.31. The summed E-state index contributed by atoms with van der Waals surface area (Å²) in [6.45, 7) is 6.90. The van der Waals surface area contributed by atoms with Gasteiger partial charge in [-0.15, -0.1) is 0 Å². The Morgan fingerprint density at radius 3 is 1.70 bits per heavy atom. The summed E-state index contributed by atoms with van der Waals surface area (Å²) in [5.74, 6) is 0. The molecular formula is C8H16SeSi. The zero-order chi connectivity index (χ0) is 8.04. The van der Waals surface area contributed by atoms with Crippen LogP contribution in [0.3, 0.4) is 0 Å². The van der Waals surface area contributed by atoms with Gasteiger partial charge in [0.1, 0.15) is 0 Å². The van der Waals surface area contributed by atoms with Gasteiger partial charge in [0.15, 0.2) is 0 Å². The molecule has 0 nitrogen and oxygen atoms in total. The summed E-state index contributed by atoms with van der Waals surface area (Å²) >= 11 is 2.83. The van der Waals surface area contributed by atoms with Crippen molar-refractivity contribution >= 4 is 28.2 Å². The van der Waals surface area contributed by atoms with Gasteiger partial charge in [0.05, 0.1) is 0 Å². The monoisotopic (exact) mass is 220 g/mol. The zero-order valence-corrected chi connectivity index (χ0v) is 9.82. The topological polar surface area (TPSA) is 0 Å². The van der Waals surface area contributed by atoms with Gasteiger partial charge in [0, 0.05) is 0 Å². The molecule has 0 rings (SSSR count). The van der Waals surface area contributed by atoms with E-state index in [0.717, 1.165) is 0 Å². The molecule has 0 aliphatic carbocycles. The first-order chi connectivity index (χ1) is 4.74. The third-order valence-electron chi connectivity index (χ3n) is 2.48. The molecule has 0 unspecified atom stereocenters. The van der Waals surface area contributed by atoms with Crippen molar-refractivity contribution in [1.29, 1.82) is 0 Å². The first kappa shape index (κ1) is 10.4. The van der Waals surface area contributed by atoms with Crippen LogP contribution >= 0.6 is 0 Å². The molecule has 0 amide bonds. The molecule has 0 N–H and O–H groups in total. The van der Waals surface area contributed by atoms with Crippen LogP contribution in [0.1, 0.15) is 20.8 Å². The Balaban J connectivity index is 4.29. The molecule has 0 atom stereocenters. The molecule has 0 aromatic heterocycles. The van der Waals surface area contributed by atoms with Gasteiger partial charge in [-0.2, -0.15) is 0 Å². The Morgan fingerprint density at radius 2 is 1.60 bits per heavy atom. The van der Waals surface area contributed by atoms with E-state index >= 15 is 0 Å². The van der Waals surface area contributed by atoms with Crippen molar-refractivity contribution in [2.24, 2.45) is 0 Å². The van der Waals surface area contributed by atoms with E-state index in [-0.39, 0.29) is 0 Å². The first-order valence-corrected chi connectivity index (χ1v) is 7.52.